The first-order chi connectivity index (χ1) is 9.88. The number of aromatic carboxylic acids is 1. The van der Waals surface area contributed by atoms with Gasteiger partial charge in [-0.25, -0.2) is 9.78 Å². The predicted molar refractivity (Wildman–Crippen MR) is 77.6 cm³/mol. The predicted octanol–water partition coefficient (Wildman–Crippen LogP) is 3.74. The molecule has 2 rings (SSSR count). The van der Waals surface area contributed by atoms with Gasteiger partial charge in [-0.2, -0.15) is 0 Å². The standard InChI is InChI=1S/C12H7Cl2N3O4/c13-7-1-2-8(14)9(4-7)16-11-10(17(20)21)3-6(5-15-11)12(18)19/h1-5H,(H,15,16)(H,18,19). The minimum Gasteiger partial charge on any atom is -0.478 e. The van der Waals surface area contributed by atoms with E-state index in [1.807, 2.05) is 0 Å². The number of benzene rings is 1. The molecule has 0 aliphatic rings. The highest BCUT2D eigenvalue weighted by atomic mass is 35.5. The first-order valence-corrected chi connectivity index (χ1v) is 6.24. The van der Waals surface area contributed by atoms with Gasteiger partial charge in [0, 0.05) is 17.3 Å². The number of hydrogen-bond donors (Lipinski definition) is 2. The lowest BCUT2D eigenvalue weighted by Gasteiger charge is -2.08. The van der Waals surface area contributed by atoms with Crippen molar-refractivity contribution in [1.29, 1.82) is 0 Å². The Kier molecular flexibility index (Phi) is 4.25. The van der Waals surface area contributed by atoms with Crippen LogP contribution in [-0.2, 0) is 0 Å². The number of aromatic nitrogens is 1. The fourth-order valence-corrected chi connectivity index (χ4v) is 1.86. The van der Waals surface area contributed by atoms with E-state index in [4.69, 9.17) is 28.3 Å². The van der Waals surface area contributed by atoms with E-state index in [9.17, 15) is 14.9 Å². The Bertz CT molecular complexity index is 736. The third kappa shape index (κ3) is 3.39. The van der Waals surface area contributed by atoms with Crippen LogP contribution in [0, 0.1) is 10.1 Å². The maximum absolute atomic E-state index is 11.0. The molecule has 7 nitrogen and oxygen atoms in total. The third-order valence-electron chi connectivity index (χ3n) is 2.49. The van der Waals surface area contributed by atoms with Gasteiger partial charge < -0.3 is 10.4 Å². The number of pyridine rings is 1. The summed E-state index contributed by atoms with van der Waals surface area (Å²) in [5.41, 5.74) is -0.446. The molecule has 2 N–H and O–H groups in total. The maximum Gasteiger partial charge on any atom is 0.337 e. The number of carboxylic acid groups (broad SMARTS) is 1. The number of nitro groups is 1. The van der Waals surface area contributed by atoms with Crippen LogP contribution in [0.2, 0.25) is 10.0 Å². The van der Waals surface area contributed by atoms with E-state index in [2.05, 4.69) is 10.3 Å². The van der Waals surface area contributed by atoms with Crippen molar-refractivity contribution in [1.82, 2.24) is 4.98 Å². The minimum absolute atomic E-state index is 0.130. The first kappa shape index (κ1) is 15.0. The van der Waals surface area contributed by atoms with Gasteiger partial charge in [-0.15, -0.1) is 0 Å². The largest absolute Gasteiger partial charge is 0.478 e. The Morgan fingerprint density at radius 3 is 2.67 bits per heavy atom. The smallest absolute Gasteiger partial charge is 0.337 e. The molecule has 0 spiro atoms. The molecule has 1 aromatic heterocycles. The van der Waals surface area contributed by atoms with Crippen LogP contribution in [0.4, 0.5) is 17.2 Å². The van der Waals surface area contributed by atoms with E-state index in [1.165, 1.54) is 12.1 Å². The summed E-state index contributed by atoms with van der Waals surface area (Å²) in [4.78, 5) is 24.9. The highest BCUT2D eigenvalue weighted by Gasteiger charge is 2.19. The van der Waals surface area contributed by atoms with Gasteiger partial charge in [0.1, 0.15) is 0 Å². The highest BCUT2D eigenvalue weighted by Crippen LogP contribution is 2.31. The maximum atomic E-state index is 11.0. The molecule has 0 atom stereocenters. The Morgan fingerprint density at radius 1 is 1.33 bits per heavy atom. The van der Waals surface area contributed by atoms with Crippen LogP contribution < -0.4 is 5.32 Å². The molecule has 0 saturated heterocycles. The van der Waals surface area contributed by atoms with Crippen LogP contribution in [0.3, 0.4) is 0 Å². The second kappa shape index (κ2) is 5.94. The first-order valence-electron chi connectivity index (χ1n) is 5.48. The molecule has 0 saturated carbocycles. The third-order valence-corrected chi connectivity index (χ3v) is 3.06. The average Bonchev–Trinajstić information content (AvgIpc) is 2.42. The number of nitrogens with zero attached hydrogens (tertiary/aromatic N) is 2. The lowest BCUT2D eigenvalue weighted by Crippen LogP contribution is -2.04. The molecule has 0 unspecified atom stereocenters. The molecule has 0 aliphatic heterocycles. The van der Waals surface area contributed by atoms with Crippen LogP contribution >= 0.6 is 23.2 Å². The SMILES string of the molecule is O=C(O)c1cnc(Nc2cc(Cl)ccc2Cl)c([N+](=O)[O-])c1. The molecule has 0 aliphatic carbocycles. The average molecular weight is 328 g/mol. The van der Waals surface area contributed by atoms with Gasteiger partial charge in [0.25, 0.3) is 0 Å². The molecule has 0 radical (unpaired) electrons. The Balaban J connectivity index is 2.46. The fraction of sp³-hybridized carbons (Fsp3) is 0. The van der Waals surface area contributed by atoms with E-state index in [1.54, 1.807) is 6.07 Å². The Labute approximate surface area is 128 Å². The van der Waals surface area contributed by atoms with E-state index in [0.717, 1.165) is 12.3 Å². The number of carboxylic acids is 1. The summed E-state index contributed by atoms with van der Waals surface area (Å²) < 4.78 is 0. The Hall–Kier alpha value is -2.38. The molecule has 1 heterocycles. The van der Waals surface area contributed by atoms with Crippen molar-refractivity contribution in [3.8, 4) is 0 Å². The normalized spacial score (nSPS) is 10.2. The number of hydrogen-bond acceptors (Lipinski definition) is 5. The molecule has 2 aromatic rings. The topological polar surface area (TPSA) is 105 Å². The molecular formula is C12H7Cl2N3O4. The Morgan fingerprint density at radius 2 is 2.05 bits per heavy atom. The quantitative estimate of drug-likeness (QED) is 0.654. The summed E-state index contributed by atoms with van der Waals surface area (Å²) in [6.45, 7) is 0. The van der Waals surface area contributed by atoms with Gasteiger partial charge >= 0.3 is 11.7 Å². The van der Waals surface area contributed by atoms with E-state index >= 15 is 0 Å². The van der Waals surface area contributed by atoms with Crippen LogP contribution in [-0.4, -0.2) is 21.0 Å². The zero-order valence-electron chi connectivity index (χ0n) is 10.2. The summed E-state index contributed by atoms with van der Waals surface area (Å²) in [5.74, 6) is -1.44. The van der Waals surface area contributed by atoms with Crippen LogP contribution in [0.1, 0.15) is 10.4 Å². The number of nitrogens with one attached hydrogen (secondary N) is 1. The lowest BCUT2D eigenvalue weighted by molar-refractivity contribution is -0.384. The lowest BCUT2D eigenvalue weighted by atomic mass is 10.2. The van der Waals surface area contributed by atoms with Crippen LogP contribution in [0.5, 0.6) is 0 Å². The van der Waals surface area contributed by atoms with Gasteiger partial charge in [0.2, 0.25) is 5.82 Å². The molecule has 9 heteroatoms. The summed E-state index contributed by atoms with van der Waals surface area (Å²) in [6.07, 6.45) is 1.01. The van der Waals surface area contributed by atoms with Crippen molar-refractivity contribution in [3.63, 3.8) is 0 Å². The summed E-state index contributed by atoms with van der Waals surface area (Å²) >= 11 is 11.8. The fourth-order valence-electron chi connectivity index (χ4n) is 1.53. The van der Waals surface area contributed by atoms with Gasteiger partial charge in [-0.05, 0) is 18.2 Å². The van der Waals surface area contributed by atoms with Crippen LogP contribution in [0.15, 0.2) is 30.5 Å². The second-order valence-corrected chi connectivity index (χ2v) is 4.75. The number of carbonyl (C=O) groups is 1. The van der Waals surface area contributed by atoms with Gasteiger partial charge in [-0.1, -0.05) is 23.2 Å². The van der Waals surface area contributed by atoms with Crippen molar-refractivity contribution in [2.75, 3.05) is 5.32 Å². The van der Waals surface area contributed by atoms with Gasteiger partial charge in [-0.3, -0.25) is 10.1 Å². The van der Waals surface area contributed by atoms with Crippen molar-refractivity contribution in [3.05, 3.63) is 56.2 Å². The summed E-state index contributed by atoms with van der Waals surface area (Å²) in [7, 11) is 0. The van der Waals surface area contributed by atoms with Gasteiger partial charge in [0.15, 0.2) is 0 Å². The summed E-state index contributed by atoms with van der Waals surface area (Å²) in [5, 5.41) is 23.2. The van der Waals surface area contributed by atoms with Crippen molar-refractivity contribution in [2.45, 2.75) is 0 Å². The zero-order valence-corrected chi connectivity index (χ0v) is 11.7. The molecule has 21 heavy (non-hydrogen) atoms. The molecular weight excluding hydrogens is 321 g/mol. The number of rotatable bonds is 4. The summed E-state index contributed by atoms with van der Waals surface area (Å²) in [6, 6.07) is 5.46. The highest BCUT2D eigenvalue weighted by molar-refractivity contribution is 6.35. The monoisotopic (exact) mass is 327 g/mol. The minimum atomic E-state index is -1.31. The van der Waals surface area contributed by atoms with Crippen molar-refractivity contribution >= 4 is 46.4 Å². The number of halogens is 2. The van der Waals surface area contributed by atoms with E-state index in [-0.39, 0.29) is 16.4 Å². The van der Waals surface area contributed by atoms with Crippen molar-refractivity contribution < 1.29 is 14.8 Å². The second-order valence-electron chi connectivity index (χ2n) is 3.90. The number of anilines is 2. The van der Waals surface area contributed by atoms with E-state index < -0.39 is 16.6 Å². The molecule has 108 valence electrons. The van der Waals surface area contributed by atoms with Crippen LogP contribution in [0.25, 0.3) is 0 Å². The van der Waals surface area contributed by atoms with E-state index in [0.29, 0.717) is 10.7 Å². The molecule has 0 bridgehead atoms. The molecule has 1 aromatic carbocycles. The van der Waals surface area contributed by atoms with Gasteiger partial charge in [0.05, 0.1) is 21.2 Å². The zero-order chi connectivity index (χ0) is 15.6. The van der Waals surface area contributed by atoms with Crippen molar-refractivity contribution in [2.24, 2.45) is 0 Å². The molecule has 0 fully saturated rings. The molecule has 0 amide bonds.